The number of hydrogen-bond acceptors (Lipinski definition) is 4. The molecule has 1 N–H and O–H groups in total. The van der Waals surface area contributed by atoms with Gasteiger partial charge in [0.1, 0.15) is 5.69 Å². The second-order valence-electron chi connectivity index (χ2n) is 6.08. The SMILES string of the molecule is Cc1cc(C)c(S(=O)(=O)NCc2ccc(-c3ccco3)nc2)c(C)c1. The van der Waals surface area contributed by atoms with Crippen LogP contribution in [0.3, 0.4) is 0 Å². The van der Waals surface area contributed by atoms with E-state index in [0.717, 1.165) is 22.3 Å². The third-order valence-corrected chi connectivity index (χ3v) is 5.64. The molecule has 0 saturated carbocycles. The third kappa shape index (κ3) is 3.81. The normalized spacial score (nSPS) is 11.6. The summed E-state index contributed by atoms with van der Waals surface area (Å²) in [6.07, 6.45) is 3.24. The molecule has 0 aliphatic carbocycles. The van der Waals surface area contributed by atoms with Gasteiger partial charge in [-0.15, -0.1) is 0 Å². The quantitative estimate of drug-likeness (QED) is 0.756. The standard InChI is InChI=1S/C19H20N2O3S/c1-13-9-14(2)19(15(3)10-13)25(22,23)21-12-16-6-7-17(20-11-16)18-5-4-8-24-18/h4-11,21H,12H2,1-3H3. The van der Waals surface area contributed by atoms with Crippen molar-refractivity contribution >= 4 is 10.0 Å². The van der Waals surface area contributed by atoms with E-state index < -0.39 is 10.0 Å². The highest BCUT2D eigenvalue weighted by Crippen LogP contribution is 2.22. The zero-order chi connectivity index (χ0) is 18.0. The van der Waals surface area contributed by atoms with Crippen LogP contribution in [-0.2, 0) is 16.6 Å². The first-order valence-corrected chi connectivity index (χ1v) is 9.41. The number of hydrogen-bond donors (Lipinski definition) is 1. The van der Waals surface area contributed by atoms with E-state index in [-0.39, 0.29) is 6.54 Å². The minimum absolute atomic E-state index is 0.181. The van der Waals surface area contributed by atoms with Crippen molar-refractivity contribution in [3.8, 4) is 11.5 Å². The van der Waals surface area contributed by atoms with E-state index >= 15 is 0 Å². The lowest BCUT2D eigenvalue weighted by Gasteiger charge is -2.13. The molecule has 3 aromatic rings. The van der Waals surface area contributed by atoms with E-state index in [1.807, 2.05) is 51.1 Å². The maximum absolute atomic E-state index is 12.7. The molecule has 0 aliphatic rings. The Kier molecular flexibility index (Phi) is 4.74. The average molecular weight is 356 g/mol. The Morgan fingerprint density at radius 2 is 1.80 bits per heavy atom. The number of aromatic nitrogens is 1. The fourth-order valence-corrected chi connectivity index (χ4v) is 4.41. The molecule has 0 amide bonds. The van der Waals surface area contributed by atoms with Gasteiger partial charge in [-0.3, -0.25) is 4.98 Å². The van der Waals surface area contributed by atoms with Gasteiger partial charge in [0.15, 0.2) is 5.76 Å². The van der Waals surface area contributed by atoms with Crippen molar-refractivity contribution in [3.05, 3.63) is 71.1 Å². The molecule has 0 bridgehead atoms. The Bertz CT molecular complexity index is 953. The molecule has 25 heavy (non-hydrogen) atoms. The third-order valence-electron chi connectivity index (χ3n) is 3.94. The first kappa shape index (κ1) is 17.4. The molecular weight excluding hydrogens is 336 g/mol. The van der Waals surface area contributed by atoms with Gasteiger partial charge >= 0.3 is 0 Å². The molecule has 0 aliphatic heterocycles. The first-order valence-electron chi connectivity index (χ1n) is 7.93. The van der Waals surface area contributed by atoms with Crippen molar-refractivity contribution in [1.82, 2.24) is 9.71 Å². The van der Waals surface area contributed by atoms with Crippen LogP contribution in [0.1, 0.15) is 22.3 Å². The number of nitrogens with one attached hydrogen (secondary N) is 1. The zero-order valence-corrected chi connectivity index (χ0v) is 15.2. The predicted octanol–water partition coefficient (Wildman–Crippen LogP) is 3.75. The van der Waals surface area contributed by atoms with Crippen LogP contribution in [0.25, 0.3) is 11.5 Å². The Morgan fingerprint density at radius 3 is 2.36 bits per heavy atom. The Morgan fingerprint density at radius 1 is 1.08 bits per heavy atom. The molecule has 0 spiro atoms. The zero-order valence-electron chi connectivity index (χ0n) is 14.4. The molecule has 0 atom stereocenters. The Hall–Kier alpha value is -2.44. The molecule has 0 saturated heterocycles. The van der Waals surface area contributed by atoms with E-state index in [0.29, 0.717) is 16.3 Å². The summed E-state index contributed by atoms with van der Waals surface area (Å²) < 4.78 is 33.3. The first-order chi connectivity index (χ1) is 11.9. The number of benzene rings is 1. The topological polar surface area (TPSA) is 72.2 Å². The van der Waals surface area contributed by atoms with Gasteiger partial charge in [0.05, 0.1) is 11.2 Å². The lowest BCUT2D eigenvalue weighted by atomic mass is 10.1. The molecule has 130 valence electrons. The van der Waals surface area contributed by atoms with Gasteiger partial charge in [0.2, 0.25) is 10.0 Å². The van der Waals surface area contributed by atoms with Crippen LogP contribution in [0.2, 0.25) is 0 Å². The summed E-state index contributed by atoms with van der Waals surface area (Å²) in [5, 5.41) is 0. The Balaban J connectivity index is 1.77. The number of sulfonamides is 1. The van der Waals surface area contributed by atoms with Gasteiger partial charge in [-0.05, 0) is 55.7 Å². The van der Waals surface area contributed by atoms with Crippen molar-refractivity contribution in [3.63, 3.8) is 0 Å². The molecule has 2 heterocycles. The van der Waals surface area contributed by atoms with E-state index in [1.165, 1.54) is 0 Å². The van der Waals surface area contributed by atoms with Crippen LogP contribution < -0.4 is 4.72 Å². The van der Waals surface area contributed by atoms with Gasteiger partial charge in [0, 0.05) is 12.7 Å². The highest BCUT2D eigenvalue weighted by atomic mass is 32.2. The number of rotatable bonds is 5. The van der Waals surface area contributed by atoms with E-state index in [4.69, 9.17) is 4.42 Å². The monoisotopic (exact) mass is 356 g/mol. The van der Waals surface area contributed by atoms with Gasteiger partial charge in [0.25, 0.3) is 0 Å². The summed E-state index contributed by atoms with van der Waals surface area (Å²) in [5.74, 6) is 0.679. The van der Waals surface area contributed by atoms with Crippen LogP contribution >= 0.6 is 0 Å². The largest absolute Gasteiger partial charge is 0.463 e. The summed E-state index contributed by atoms with van der Waals surface area (Å²) in [7, 11) is -3.59. The van der Waals surface area contributed by atoms with E-state index in [9.17, 15) is 8.42 Å². The van der Waals surface area contributed by atoms with Crippen molar-refractivity contribution in [2.45, 2.75) is 32.2 Å². The number of furan rings is 1. The van der Waals surface area contributed by atoms with Crippen LogP contribution in [0.4, 0.5) is 0 Å². The number of pyridine rings is 1. The number of nitrogens with zero attached hydrogens (tertiary/aromatic N) is 1. The minimum Gasteiger partial charge on any atom is -0.463 e. The molecule has 2 aromatic heterocycles. The summed E-state index contributed by atoms with van der Waals surface area (Å²) in [6.45, 7) is 5.76. The van der Waals surface area contributed by atoms with Crippen LogP contribution in [-0.4, -0.2) is 13.4 Å². The molecule has 5 nitrogen and oxygen atoms in total. The lowest BCUT2D eigenvalue weighted by molar-refractivity contribution is 0.578. The fourth-order valence-electron chi connectivity index (χ4n) is 2.94. The highest BCUT2D eigenvalue weighted by Gasteiger charge is 2.19. The smallest absolute Gasteiger partial charge is 0.241 e. The fraction of sp³-hybridized carbons (Fsp3) is 0.211. The van der Waals surface area contributed by atoms with Crippen molar-refractivity contribution in [1.29, 1.82) is 0 Å². The second-order valence-corrected chi connectivity index (χ2v) is 7.79. The predicted molar refractivity (Wildman–Crippen MR) is 96.6 cm³/mol. The second kappa shape index (κ2) is 6.82. The highest BCUT2D eigenvalue weighted by molar-refractivity contribution is 7.89. The maximum Gasteiger partial charge on any atom is 0.241 e. The maximum atomic E-state index is 12.7. The van der Waals surface area contributed by atoms with Crippen LogP contribution in [0, 0.1) is 20.8 Å². The van der Waals surface area contributed by atoms with Gasteiger partial charge in [-0.2, -0.15) is 0 Å². The van der Waals surface area contributed by atoms with E-state index in [1.54, 1.807) is 18.5 Å². The van der Waals surface area contributed by atoms with Crippen molar-refractivity contribution in [2.24, 2.45) is 0 Å². The van der Waals surface area contributed by atoms with Crippen molar-refractivity contribution in [2.75, 3.05) is 0 Å². The minimum atomic E-state index is -3.59. The molecule has 0 fully saturated rings. The average Bonchev–Trinajstić information content (AvgIpc) is 3.06. The van der Waals surface area contributed by atoms with Gasteiger partial charge < -0.3 is 4.42 Å². The molecule has 0 radical (unpaired) electrons. The summed E-state index contributed by atoms with van der Waals surface area (Å²) in [6, 6.07) is 11.0. The molecular formula is C19H20N2O3S. The van der Waals surface area contributed by atoms with Gasteiger partial charge in [-0.1, -0.05) is 23.8 Å². The number of aryl methyl sites for hydroxylation is 3. The van der Waals surface area contributed by atoms with Crippen LogP contribution in [0.15, 0.2) is 58.2 Å². The molecule has 0 unspecified atom stereocenters. The summed E-state index contributed by atoms with van der Waals surface area (Å²) in [4.78, 5) is 4.66. The van der Waals surface area contributed by atoms with Gasteiger partial charge in [-0.25, -0.2) is 13.1 Å². The molecule has 3 rings (SSSR count). The summed E-state index contributed by atoms with van der Waals surface area (Å²) >= 11 is 0. The van der Waals surface area contributed by atoms with Crippen LogP contribution in [0.5, 0.6) is 0 Å². The van der Waals surface area contributed by atoms with E-state index in [2.05, 4.69) is 9.71 Å². The lowest BCUT2D eigenvalue weighted by Crippen LogP contribution is -2.25. The summed E-state index contributed by atoms with van der Waals surface area (Å²) in [5.41, 5.74) is 4.03. The van der Waals surface area contributed by atoms with Crippen molar-refractivity contribution < 1.29 is 12.8 Å². The molecule has 1 aromatic carbocycles. The Labute approximate surface area is 147 Å². The molecule has 6 heteroatoms.